The zero-order valence-electron chi connectivity index (χ0n) is 18.6. The van der Waals surface area contributed by atoms with Crippen LogP contribution in [0.15, 0.2) is 42.5 Å². The fourth-order valence-electron chi connectivity index (χ4n) is 4.50. The van der Waals surface area contributed by atoms with E-state index in [4.69, 9.17) is 0 Å². The second-order valence-corrected chi connectivity index (χ2v) is 10.7. The van der Waals surface area contributed by atoms with Crippen LogP contribution >= 0.6 is 0 Å². The van der Waals surface area contributed by atoms with Gasteiger partial charge in [0.1, 0.15) is 0 Å². The first-order valence-electron chi connectivity index (χ1n) is 11.2. The van der Waals surface area contributed by atoms with Crippen LogP contribution in [0.3, 0.4) is 0 Å². The van der Waals surface area contributed by atoms with Crippen molar-refractivity contribution in [3.05, 3.63) is 65.0 Å². The SMILES string of the molecule is Cc1cc(C=CC(=O)NCCCS(=O)(=O)Cc2ccccc2)c(C)n1C1CCCCC1. The highest BCUT2D eigenvalue weighted by Gasteiger charge is 2.19. The van der Waals surface area contributed by atoms with E-state index in [1.165, 1.54) is 43.5 Å². The topological polar surface area (TPSA) is 68.2 Å². The van der Waals surface area contributed by atoms with Gasteiger partial charge in [0.15, 0.2) is 9.84 Å². The van der Waals surface area contributed by atoms with Crippen molar-refractivity contribution >= 4 is 21.8 Å². The molecule has 3 rings (SSSR count). The van der Waals surface area contributed by atoms with E-state index in [-0.39, 0.29) is 17.4 Å². The second kappa shape index (κ2) is 10.8. The molecule has 2 aromatic rings. The summed E-state index contributed by atoms with van der Waals surface area (Å²) in [5.74, 6) is -0.0878. The Kier molecular flexibility index (Phi) is 8.13. The molecule has 6 heteroatoms. The van der Waals surface area contributed by atoms with Crippen LogP contribution < -0.4 is 5.32 Å². The Morgan fingerprint density at radius 1 is 1.13 bits per heavy atom. The molecule has 0 radical (unpaired) electrons. The minimum atomic E-state index is -3.18. The van der Waals surface area contributed by atoms with E-state index in [2.05, 4.69) is 29.8 Å². The Bertz CT molecular complexity index is 1000. The van der Waals surface area contributed by atoms with Crippen molar-refractivity contribution in [1.82, 2.24) is 9.88 Å². The molecule has 1 amide bonds. The summed E-state index contributed by atoms with van der Waals surface area (Å²) in [6.07, 6.45) is 10.2. The largest absolute Gasteiger partial charge is 0.353 e. The number of aromatic nitrogens is 1. The molecule has 1 heterocycles. The molecule has 1 saturated carbocycles. The van der Waals surface area contributed by atoms with E-state index < -0.39 is 9.84 Å². The number of sulfone groups is 1. The first-order chi connectivity index (χ1) is 14.9. The fraction of sp³-hybridized carbons (Fsp3) is 0.480. The maximum atomic E-state index is 12.2. The summed E-state index contributed by atoms with van der Waals surface area (Å²) in [6.45, 7) is 4.60. The third-order valence-corrected chi connectivity index (χ3v) is 7.72. The third kappa shape index (κ3) is 6.82. The van der Waals surface area contributed by atoms with E-state index in [0.29, 0.717) is 19.0 Å². The van der Waals surface area contributed by atoms with Gasteiger partial charge in [-0.25, -0.2) is 8.42 Å². The van der Waals surface area contributed by atoms with E-state index in [0.717, 1.165) is 11.1 Å². The van der Waals surface area contributed by atoms with Gasteiger partial charge >= 0.3 is 0 Å². The highest BCUT2D eigenvalue weighted by atomic mass is 32.2. The van der Waals surface area contributed by atoms with Crippen molar-refractivity contribution < 1.29 is 13.2 Å². The lowest BCUT2D eigenvalue weighted by molar-refractivity contribution is -0.116. The maximum absolute atomic E-state index is 12.2. The van der Waals surface area contributed by atoms with Gasteiger partial charge < -0.3 is 9.88 Å². The molecule has 5 nitrogen and oxygen atoms in total. The molecular formula is C25H34N2O3S. The number of aryl methyl sites for hydroxylation is 1. The van der Waals surface area contributed by atoms with Crippen molar-refractivity contribution in [2.75, 3.05) is 12.3 Å². The van der Waals surface area contributed by atoms with Gasteiger partial charge in [0.05, 0.1) is 11.5 Å². The van der Waals surface area contributed by atoms with Crippen LogP contribution in [0.5, 0.6) is 0 Å². The first kappa shape index (κ1) is 23.3. The summed E-state index contributed by atoms with van der Waals surface area (Å²) in [7, 11) is -3.18. The molecule has 1 N–H and O–H groups in total. The Hall–Kier alpha value is -2.34. The zero-order chi connectivity index (χ0) is 22.3. The van der Waals surface area contributed by atoms with Gasteiger partial charge in [-0.15, -0.1) is 0 Å². The molecule has 0 unspecified atom stereocenters. The summed E-state index contributed by atoms with van der Waals surface area (Å²) in [4.78, 5) is 12.2. The molecule has 1 aromatic carbocycles. The Morgan fingerprint density at radius 2 is 1.84 bits per heavy atom. The molecule has 0 spiro atoms. The van der Waals surface area contributed by atoms with Crippen LogP contribution in [-0.2, 0) is 20.4 Å². The average molecular weight is 443 g/mol. The van der Waals surface area contributed by atoms with Gasteiger partial charge in [-0.05, 0) is 56.4 Å². The van der Waals surface area contributed by atoms with Crippen LogP contribution in [0.4, 0.5) is 0 Å². The number of amides is 1. The van der Waals surface area contributed by atoms with Gasteiger partial charge in [-0.2, -0.15) is 0 Å². The third-order valence-electron chi connectivity index (χ3n) is 6.04. The highest BCUT2D eigenvalue weighted by molar-refractivity contribution is 7.90. The predicted octanol–water partition coefficient (Wildman–Crippen LogP) is 4.74. The summed E-state index contributed by atoms with van der Waals surface area (Å²) < 4.78 is 26.9. The summed E-state index contributed by atoms with van der Waals surface area (Å²) in [5, 5.41) is 2.80. The van der Waals surface area contributed by atoms with Crippen molar-refractivity contribution in [2.24, 2.45) is 0 Å². The lowest BCUT2D eigenvalue weighted by atomic mass is 9.95. The number of benzene rings is 1. The highest BCUT2D eigenvalue weighted by Crippen LogP contribution is 2.32. The molecule has 31 heavy (non-hydrogen) atoms. The minimum Gasteiger partial charge on any atom is -0.353 e. The molecular weight excluding hydrogens is 408 g/mol. The Morgan fingerprint density at radius 3 is 2.55 bits per heavy atom. The molecule has 168 valence electrons. The molecule has 0 atom stereocenters. The first-order valence-corrected chi connectivity index (χ1v) is 13.1. The normalized spacial score (nSPS) is 15.4. The van der Waals surface area contributed by atoms with Crippen LogP contribution in [0.1, 0.15) is 67.1 Å². The van der Waals surface area contributed by atoms with E-state index >= 15 is 0 Å². The lowest BCUT2D eigenvalue weighted by Gasteiger charge is -2.26. The molecule has 0 aliphatic heterocycles. The number of rotatable bonds is 9. The van der Waals surface area contributed by atoms with Gasteiger partial charge in [-0.1, -0.05) is 49.6 Å². The minimum absolute atomic E-state index is 0.0400. The van der Waals surface area contributed by atoms with Crippen LogP contribution in [0.25, 0.3) is 6.08 Å². The summed E-state index contributed by atoms with van der Waals surface area (Å²) >= 11 is 0. The standard InChI is InChI=1S/C25H34N2O3S/c1-20-18-23(21(2)27(20)24-12-7-4-8-13-24)14-15-25(28)26-16-9-17-31(29,30)19-22-10-5-3-6-11-22/h3,5-6,10-11,14-15,18,24H,4,7-9,12-13,16-17,19H2,1-2H3,(H,26,28). The van der Waals surface area contributed by atoms with Crippen molar-refractivity contribution in [1.29, 1.82) is 0 Å². The van der Waals surface area contributed by atoms with Crippen LogP contribution in [-0.4, -0.2) is 31.2 Å². The molecule has 1 fully saturated rings. The Balaban J connectivity index is 1.46. The molecule has 0 saturated heterocycles. The summed E-state index contributed by atoms with van der Waals surface area (Å²) in [5.41, 5.74) is 4.32. The van der Waals surface area contributed by atoms with Gasteiger partial charge in [0.25, 0.3) is 0 Å². The number of nitrogens with one attached hydrogen (secondary N) is 1. The van der Waals surface area contributed by atoms with E-state index in [1.807, 2.05) is 36.4 Å². The molecule has 1 aliphatic carbocycles. The maximum Gasteiger partial charge on any atom is 0.244 e. The van der Waals surface area contributed by atoms with Crippen molar-refractivity contribution in [2.45, 2.75) is 64.2 Å². The molecule has 0 bridgehead atoms. The van der Waals surface area contributed by atoms with Gasteiger partial charge in [0, 0.05) is 30.1 Å². The monoisotopic (exact) mass is 442 g/mol. The van der Waals surface area contributed by atoms with E-state index in [1.54, 1.807) is 6.08 Å². The van der Waals surface area contributed by atoms with Gasteiger partial charge in [-0.3, -0.25) is 4.79 Å². The van der Waals surface area contributed by atoms with Crippen molar-refractivity contribution in [3.63, 3.8) is 0 Å². The quantitative estimate of drug-likeness (QED) is 0.450. The number of carbonyl (C=O) groups is 1. The van der Waals surface area contributed by atoms with Crippen molar-refractivity contribution in [3.8, 4) is 0 Å². The van der Waals surface area contributed by atoms with Crippen LogP contribution in [0.2, 0.25) is 0 Å². The fourth-order valence-corrected chi connectivity index (χ4v) is 5.93. The van der Waals surface area contributed by atoms with Crippen LogP contribution in [0, 0.1) is 13.8 Å². The number of hydrogen-bond donors (Lipinski definition) is 1. The second-order valence-electron chi connectivity index (χ2n) is 8.54. The predicted molar refractivity (Wildman–Crippen MR) is 127 cm³/mol. The number of nitrogens with zero attached hydrogens (tertiary/aromatic N) is 1. The molecule has 1 aromatic heterocycles. The average Bonchev–Trinajstić information content (AvgIpc) is 3.04. The number of hydrogen-bond acceptors (Lipinski definition) is 3. The molecule has 1 aliphatic rings. The number of carbonyl (C=O) groups excluding carboxylic acids is 1. The zero-order valence-corrected chi connectivity index (χ0v) is 19.5. The summed E-state index contributed by atoms with van der Waals surface area (Å²) in [6, 6.07) is 11.9. The van der Waals surface area contributed by atoms with Gasteiger partial charge in [0.2, 0.25) is 5.91 Å². The smallest absolute Gasteiger partial charge is 0.244 e. The lowest BCUT2D eigenvalue weighted by Crippen LogP contribution is -2.24. The van der Waals surface area contributed by atoms with E-state index in [9.17, 15) is 13.2 Å². The Labute approximate surface area is 186 Å².